The van der Waals surface area contributed by atoms with Crippen LogP contribution in [0.4, 0.5) is 0 Å². The molecule has 0 saturated carbocycles. The minimum absolute atomic E-state index is 0.587. The largest absolute Gasteiger partial charge is 0.493 e. The average molecular weight is 270 g/mol. The van der Waals surface area contributed by atoms with Crippen LogP contribution in [-0.4, -0.2) is 20.8 Å². The Balaban J connectivity index is 2.93. The van der Waals surface area contributed by atoms with Gasteiger partial charge in [-0.25, -0.2) is 0 Å². The van der Waals surface area contributed by atoms with E-state index in [4.69, 9.17) is 21.1 Å². The molecular formula is C14H20ClNO2. The molecule has 0 heterocycles. The number of methoxy groups -OCH3 is 1. The van der Waals surface area contributed by atoms with Gasteiger partial charge in [-0.3, -0.25) is 0 Å². The fraction of sp³-hybridized carbons (Fsp3) is 0.429. The first-order valence-electron chi connectivity index (χ1n) is 5.86. The molecule has 0 unspecified atom stereocenters. The summed E-state index contributed by atoms with van der Waals surface area (Å²) in [7, 11) is 3.49. The summed E-state index contributed by atoms with van der Waals surface area (Å²) in [6.45, 7) is 7.11. The molecule has 0 aliphatic rings. The highest BCUT2D eigenvalue weighted by Gasteiger charge is 2.12. The van der Waals surface area contributed by atoms with Gasteiger partial charge in [0.2, 0.25) is 0 Å². The third kappa shape index (κ3) is 4.24. The smallest absolute Gasteiger partial charge is 0.165 e. The molecule has 0 aliphatic heterocycles. The average Bonchev–Trinajstić information content (AvgIpc) is 2.31. The van der Waals surface area contributed by atoms with Crippen LogP contribution in [0.15, 0.2) is 24.3 Å². The van der Waals surface area contributed by atoms with Crippen molar-refractivity contribution in [3.05, 3.63) is 34.9 Å². The van der Waals surface area contributed by atoms with Gasteiger partial charge in [0.15, 0.2) is 11.5 Å². The lowest BCUT2D eigenvalue weighted by Crippen LogP contribution is -2.09. The molecule has 0 atom stereocenters. The third-order valence-electron chi connectivity index (χ3n) is 2.46. The van der Waals surface area contributed by atoms with Crippen LogP contribution >= 0.6 is 11.6 Å². The zero-order chi connectivity index (χ0) is 13.5. The molecule has 0 aromatic heterocycles. The molecule has 1 aromatic carbocycles. The Morgan fingerprint density at radius 2 is 2.17 bits per heavy atom. The number of hydrogen-bond donors (Lipinski definition) is 1. The van der Waals surface area contributed by atoms with Gasteiger partial charge < -0.3 is 14.8 Å². The minimum Gasteiger partial charge on any atom is -0.493 e. The first-order valence-corrected chi connectivity index (χ1v) is 6.24. The predicted molar refractivity (Wildman–Crippen MR) is 75.7 cm³/mol. The summed E-state index contributed by atoms with van der Waals surface area (Å²) in [5, 5.41) is 3.73. The molecular weight excluding hydrogens is 250 g/mol. The Bertz CT molecular complexity index is 419. The highest BCUT2D eigenvalue weighted by atomic mass is 35.5. The second kappa shape index (κ2) is 7.29. The first kappa shape index (κ1) is 14.9. The van der Waals surface area contributed by atoms with E-state index in [0.29, 0.717) is 23.9 Å². The maximum atomic E-state index is 6.04. The number of halogens is 1. The maximum absolute atomic E-state index is 6.04. The Morgan fingerprint density at radius 1 is 1.44 bits per heavy atom. The van der Waals surface area contributed by atoms with E-state index in [0.717, 1.165) is 23.3 Å². The number of benzene rings is 1. The molecule has 0 spiro atoms. The molecule has 100 valence electrons. The number of rotatable bonds is 7. The summed E-state index contributed by atoms with van der Waals surface area (Å²) in [5.41, 5.74) is 2.08. The fourth-order valence-electron chi connectivity index (χ4n) is 1.59. The predicted octanol–water partition coefficient (Wildman–Crippen LogP) is 3.41. The summed E-state index contributed by atoms with van der Waals surface area (Å²) in [6.07, 6.45) is 0.824. The molecule has 4 heteroatoms. The van der Waals surface area contributed by atoms with Crippen molar-refractivity contribution in [2.24, 2.45) is 0 Å². The number of ether oxygens (including phenoxy) is 2. The highest BCUT2D eigenvalue weighted by molar-refractivity contribution is 6.30. The van der Waals surface area contributed by atoms with Crippen LogP contribution in [0, 0.1) is 0 Å². The van der Waals surface area contributed by atoms with E-state index >= 15 is 0 Å². The van der Waals surface area contributed by atoms with Crippen LogP contribution in [-0.2, 0) is 6.54 Å². The van der Waals surface area contributed by atoms with E-state index in [2.05, 4.69) is 11.9 Å². The second-order valence-electron chi connectivity index (χ2n) is 4.18. The Kier molecular flexibility index (Phi) is 6.02. The third-order valence-corrected chi connectivity index (χ3v) is 2.68. The van der Waals surface area contributed by atoms with Gasteiger partial charge in [-0.15, -0.1) is 6.58 Å². The van der Waals surface area contributed by atoms with Gasteiger partial charge in [-0.1, -0.05) is 17.2 Å². The molecule has 18 heavy (non-hydrogen) atoms. The van der Waals surface area contributed by atoms with E-state index in [1.807, 2.05) is 20.0 Å². The quantitative estimate of drug-likeness (QED) is 0.770. The summed E-state index contributed by atoms with van der Waals surface area (Å²) in [5.74, 6) is 1.41. The zero-order valence-corrected chi connectivity index (χ0v) is 11.9. The summed E-state index contributed by atoms with van der Waals surface area (Å²) < 4.78 is 11.1. The van der Waals surface area contributed by atoms with E-state index < -0.39 is 0 Å². The molecule has 0 aliphatic carbocycles. The molecule has 1 aromatic rings. The lowest BCUT2D eigenvalue weighted by molar-refractivity contribution is 0.294. The molecule has 1 rings (SSSR count). The molecule has 1 N–H and O–H groups in total. The van der Waals surface area contributed by atoms with E-state index in [1.165, 1.54) is 0 Å². The molecule has 0 amide bonds. The normalized spacial score (nSPS) is 10.2. The van der Waals surface area contributed by atoms with Crippen molar-refractivity contribution in [3.63, 3.8) is 0 Å². The first-order chi connectivity index (χ1) is 8.58. The van der Waals surface area contributed by atoms with Crippen molar-refractivity contribution in [3.8, 4) is 11.5 Å². The van der Waals surface area contributed by atoms with E-state index in [-0.39, 0.29) is 0 Å². The van der Waals surface area contributed by atoms with Crippen LogP contribution in [0.3, 0.4) is 0 Å². The van der Waals surface area contributed by atoms with Gasteiger partial charge in [-0.2, -0.15) is 0 Å². The minimum atomic E-state index is 0.587. The standard InChI is InChI=1S/C14H20ClNO2/c1-10(2)5-6-18-14-11(9-16-3)7-12(15)8-13(14)17-4/h7-8,16H,1,5-6,9H2,2-4H3. The molecule has 3 nitrogen and oxygen atoms in total. The Labute approximate surface area is 114 Å². The Morgan fingerprint density at radius 3 is 2.72 bits per heavy atom. The van der Waals surface area contributed by atoms with Gasteiger partial charge in [0.05, 0.1) is 13.7 Å². The van der Waals surface area contributed by atoms with Gasteiger partial charge in [0.25, 0.3) is 0 Å². The van der Waals surface area contributed by atoms with Gasteiger partial charge in [-0.05, 0) is 20.0 Å². The molecule has 0 fully saturated rings. The topological polar surface area (TPSA) is 30.5 Å². The van der Waals surface area contributed by atoms with Crippen molar-refractivity contribution in [1.29, 1.82) is 0 Å². The van der Waals surface area contributed by atoms with Crippen LogP contribution in [0.25, 0.3) is 0 Å². The Hall–Kier alpha value is -1.19. The highest BCUT2D eigenvalue weighted by Crippen LogP contribution is 2.34. The monoisotopic (exact) mass is 269 g/mol. The van der Waals surface area contributed by atoms with Crippen LogP contribution in [0.2, 0.25) is 5.02 Å². The zero-order valence-electron chi connectivity index (χ0n) is 11.2. The van der Waals surface area contributed by atoms with Crippen molar-refractivity contribution >= 4 is 11.6 Å². The van der Waals surface area contributed by atoms with Crippen molar-refractivity contribution in [2.75, 3.05) is 20.8 Å². The van der Waals surface area contributed by atoms with E-state index in [9.17, 15) is 0 Å². The van der Waals surface area contributed by atoms with Crippen LogP contribution in [0.1, 0.15) is 18.9 Å². The SMILES string of the molecule is C=C(C)CCOc1c(CNC)cc(Cl)cc1OC. The molecule has 0 bridgehead atoms. The fourth-order valence-corrected chi connectivity index (χ4v) is 1.82. The van der Waals surface area contributed by atoms with Gasteiger partial charge in [0, 0.05) is 29.6 Å². The molecule has 0 radical (unpaired) electrons. The van der Waals surface area contributed by atoms with Crippen molar-refractivity contribution in [2.45, 2.75) is 19.9 Å². The van der Waals surface area contributed by atoms with Crippen LogP contribution in [0.5, 0.6) is 11.5 Å². The number of hydrogen-bond acceptors (Lipinski definition) is 3. The number of nitrogens with one attached hydrogen (secondary N) is 1. The van der Waals surface area contributed by atoms with Gasteiger partial charge in [0.1, 0.15) is 0 Å². The lowest BCUT2D eigenvalue weighted by atomic mass is 10.1. The van der Waals surface area contributed by atoms with Crippen molar-refractivity contribution in [1.82, 2.24) is 5.32 Å². The lowest BCUT2D eigenvalue weighted by Gasteiger charge is -2.15. The second-order valence-corrected chi connectivity index (χ2v) is 4.62. The van der Waals surface area contributed by atoms with E-state index in [1.54, 1.807) is 13.2 Å². The van der Waals surface area contributed by atoms with Gasteiger partial charge >= 0.3 is 0 Å². The summed E-state index contributed by atoms with van der Waals surface area (Å²) in [6, 6.07) is 3.65. The molecule has 0 saturated heterocycles. The van der Waals surface area contributed by atoms with Crippen LogP contribution < -0.4 is 14.8 Å². The summed E-state index contributed by atoms with van der Waals surface area (Å²) in [4.78, 5) is 0. The maximum Gasteiger partial charge on any atom is 0.165 e. The van der Waals surface area contributed by atoms with Crippen molar-refractivity contribution < 1.29 is 9.47 Å². The summed E-state index contributed by atoms with van der Waals surface area (Å²) >= 11 is 6.04.